The third-order valence-electron chi connectivity index (χ3n) is 4.60. The van der Waals surface area contributed by atoms with Crippen LogP contribution in [-0.4, -0.2) is 29.6 Å². The highest BCUT2D eigenvalue weighted by atomic mass is 15.2. The third-order valence-corrected chi connectivity index (χ3v) is 4.60. The molecule has 0 aliphatic heterocycles. The van der Waals surface area contributed by atoms with Gasteiger partial charge in [0, 0.05) is 25.7 Å². The maximum Gasteiger partial charge on any atom is 0.134 e. The highest BCUT2D eigenvalue weighted by Gasteiger charge is 2.29. The van der Waals surface area contributed by atoms with E-state index in [0.717, 1.165) is 30.4 Å². The first-order chi connectivity index (χ1) is 9.91. The predicted octanol–water partition coefficient (Wildman–Crippen LogP) is 4.01. The average molecular weight is 290 g/mol. The van der Waals surface area contributed by atoms with Gasteiger partial charge in [0.25, 0.3) is 0 Å². The van der Waals surface area contributed by atoms with Crippen molar-refractivity contribution in [3.8, 4) is 0 Å². The van der Waals surface area contributed by atoms with E-state index >= 15 is 0 Å². The Bertz CT molecular complexity index is 460. The van der Waals surface area contributed by atoms with Gasteiger partial charge in [-0.15, -0.1) is 0 Å². The van der Waals surface area contributed by atoms with Crippen LogP contribution in [0.4, 0.5) is 11.6 Å². The summed E-state index contributed by atoms with van der Waals surface area (Å²) in [6.07, 6.45) is 6.21. The topological polar surface area (TPSA) is 41.0 Å². The maximum atomic E-state index is 4.63. The van der Waals surface area contributed by atoms with E-state index in [9.17, 15) is 0 Å². The van der Waals surface area contributed by atoms with Gasteiger partial charge in [0.05, 0.1) is 0 Å². The summed E-state index contributed by atoms with van der Waals surface area (Å²) in [5.41, 5.74) is 0.507. The van der Waals surface area contributed by atoms with Crippen LogP contribution in [0.15, 0.2) is 6.07 Å². The summed E-state index contributed by atoms with van der Waals surface area (Å²) < 4.78 is 0. The normalized spacial score (nSPS) is 18.5. The summed E-state index contributed by atoms with van der Waals surface area (Å²) in [4.78, 5) is 11.4. The van der Waals surface area contributed by atoms with Crippen LogP contribution < -0.4 is 10.2 Å². The second-order valence-corrected chi connectivity index (χ2v) is 7.09. The van der Waals surface area contributed by atoms with E-state index < -0.39 is 0 Å². The van der Waals surface area contributed by atoms with Crippen LogP contribution in [0.2, 0.25) is 0 Å². The van der Waals surface area contributed by atoms with Crippen molar-refractivity contribution in [1.82, 2.24) is 9.97 Å². The SMILES string of the molecule is CCCNc1cc(N(C)C2CCC(C)(C)CC2)nc(C)n1. The molecule has 1 heterocycles. The minimum Gasteiger partial charge on any atom is -0.370 e. The summed E-state index contributed by atoms with van der Waals surface area (Å²) in [6.45, 7) is 9.85. The van der Waals surface area contributed by atoms with Gasteiger partial charge in [0.2, 0.25) is 0 Å². The highest BCUT2D eigenvalue weighted by molar-refractivity contribution is 5.49. The first-order valence-corrected chi connectivity index (χ1v) is 8.24. The Labute approximate surface area is 129 Å². The molecule has 0 spiro atoms. The summed E-state index contributed by atoms with van der Waals surface area (Å²) in [5.74, 6) is 2.84. The van der Waals surface area contributed by atoms with E-state index in [1.165, 1.54) is 25.7 Å². The summed E-state index contributed by atoms with van der Waals surface area (Å²) in [7, 11) is 2.17. The van der Waals surface area contributed by atoms with Gasteiger partial charge < -0.3 is 10.2 Å². The average Bonchev–Trinajstić information content (AvgIpc) is 2.44. The zero-order valence-electron chi connectivity index (χ0n) is 14.2. The second-order valence-electron chi connectivity index (χ2n) is 7.09. The molecule has 0 aromatic carbocycles. The standard InChI is InChI=1S/C17H30N4/c1-6-11-18-15-12-16(20-13(2)19-15)21(5)14-7-9-17(3,4)10-8-14/h12,14H,6-11H2,1-5H3,(H,18,19,20). The Kier molecular flexibility index (Phi) is 5.07. The molecular weight excluding hydrogens is 260 g/mol. The van der Waals surface area contributed by atoms with Crippen molar-refractivity contribution in [1.29, 1.82) is 0 Å². The Morgan fingerprint density at radius 1 is 1.29 bits per heavy atom. The number of aryl methyl sites for hydroxylation is 1. The van der Waals surface area contributed by atoms with Crippen LogP contribution in [0, 0.1) is 12.3 Å². The zero-order chi connectivity index (χ0) is 15.5. The highest BCUT2D eigenvalue weighted by Crippen LogP contribution is 2.37. The molecule has 1 aromatic rings. The molecule has 4 heteroatoms. The number of nitrogens with one attached hydrogen (secondary N) is 1. The number of hydrogen-bond acceptors (Lipinski definition) is 4. The van der Waals surface area contributed by atoms with Gasteiger partial charge in [-0.05, 0) is 44.4 Å². The first-order valence-electron chi connectivity index (χ1n) is 8.24. The van der Waals surface area contributed by atoms with E-state index in [0.29, 0.717) is 11.5 Å². The molecule has 118 valence electrons. The Morgan fingerprint density at radius 2 is 1.95 bits per heavy atom. The fourth-order valence-corrected chi connectivity index (χ4v) is 3.03. The number of rotatable bonds is 5. The number of anilines is 2. The molecular formula is C17H30N4. The van der Waals surface area contributed by atoms with Crippen molar-refractivity contribution in [3.63, 3.8) is 0 Å². The largest absolute Gasteiger partial charge is 0.370 e. The summed E-state index contributed by atoms with van der Waals surface area (Å²) >= 11 is 0. The lowest BCUT2D eigenvalue weighted by Gasteiger charge is -2.39. The lowest BCUT2D eigenvalue weighted by Crippen LogP contribution is -2.37. The van der Waals surface area contributed by atoms with Gasteiger partial charge in [-0.3, -0.25) is 0 Å². The fourth-order valence-electron chi connectivity index (χ4n) is 3.03. The molecule has 0 bridgehead atoms. The molecule has 1 aliphatic rings. The maximum absolute atomic E-state index is 4.63. The van der Waals surface area contributed by atoms with Gasteiger partial charge in [0.15, 0.2) is 0 Å². The Hall–Kier alpha value is -1.32. The zero-order valence-corrected chi connectivity index (χ0v) is 14.2. The van der Waals surface area contributed by atoms with Crippen molar-refractivity contribution in [2.24, 2.45) is 5.41 Å². The molecule has 21 heavy (non-hydrogen) atoms. The van der Waals surface area contributed by atoms with Crippen LogP contribution in [0.25, 0.3) is 0 Å². The number of aromatic nitrogens is 2. The molecule has 0 atom stereocenters. The van der Waals surface area contributed by atoms with Crippen molar-refractivity contribution in [2.75, 3.05) is 23.8 Å². The van der Waals surface area contributed by atoms with Crippen LogP contribution >= 0.6 is 0 Å². The summed E-state index contributed by atoms with van der Waals surface area (Å²) in [5, 5.41) is 3.37. The fraction of sp³-hybridized carbons (Fsp3) is 0.765. The number of nitrogens with zero attached hydrogens (tertiary/aromatic N) is 3. The van der Waals surface area contributed by atoms with Gasteiger partial charge in [0.1, 0.15) is 17.5 Å². The molecule has 1 aliphatic carbocycles. The molecule has 1 fully saturated rings. The first kappa shape index (κ1) is 16.1. The monoisotopic (exact) mass is 290 g/mol. The van der Waals surface area contributed by atoms with E-state index in [-0.39, 0.29) is 0 Å². The molecule has 0 amide bonds. The Balaban J connectivity index is 2.08. The number of hydrogen-bond donors (Lipinski definition) is 1. The van der Waals surface area contributed by atoms with E-state index in [1.54, 1.807) is 0 Å². The van der Waals surface area contributed by atoms with Gasteiger partial charge in [-0.2, -0.15) is 0 Å². The van der Waals surface area contributed by atoms with Crippen molar-refractivity contribution < 1.29 is 0 Å². The minimum absolute atomic E-state index is 0.507. The quantitative estimate of drug-likeness (QED) is 0.889. The molecule has 1 N–H and O–H groups in total. The van der Waals surface area contributed by atoms with Gasteiger partial charge in [-0.25, -0.2) is 9.97 Å². The molecule has 0 unspecified atom stereocenters. The second kappa shape index (κ2) is 6.63. The van der Waals surface area contributed by atoms with Crippen LogP contribution in [0.3, 0.4) is 0 Å². The van der Waals surface area contributed by atoms with Crippen LogP contribution in [0.1, 0.15) is 58.7 Å². The Morgan fingerprint density at radius 3 is 2.57 bits per heavy atom. The lowest BCUT2D eigenvalue weighted by atomic mass is 9.75. The van der Waals surface area contributed by atoms with Crippen molar-refractivity contribution in [2.45, 2.75) is 65.8 Å². The molecule has 2 rings (SSSR count). The minimum atomic E-state index is 0.507. The van der Waals surface area contributed by atoms with Crippen LogP contribution in [-0.2, 0) is 0 Å². The molecule has 0 saturated heterocycles. The van der Waals surface area contributed by atoms with E-state index in [2.05, 4.69) is 54.1 Å². The molecule has 4 nitrogen and oxygen atoms in total. The molecule has 1 saturated carbocycles. The van der Waals surface area contributed by atoms with Crippen LogP contribution in [0.5, 0.6) is 0 Å². The predicted molar refractivity (Wildman–Crippen MR) is 90.0 cm³/mol. The smallest absolute Gasteiger partial charge is 0.134 e. The third kappa shape index (κ3) is 4.32. The molecule has 1 aromatic heterocycles. The van der Waals surface area contributed by atoms with Crippen molar-refractivity contribution >= 4 is 11.6 Å². The van der Waals surface area contributed by atoms with Gasteiger partial charge in [-0.1, -0.05) is 20.8 Å². The van der Waals surface area contributed by atoms with Crippen molar-refractivity contribution in [3.05, 3.63) is 11.9 Å². The molecule has 0 radical (unpaired) electrons. The van der Waals surface area contributed by atoms with E-state index in [1.807, 2.05) is 6.92 Å². The van der Waals surface area contributed by atoms with E-state index in [4.69, 9.17) is 0 Å². The lowest BCUT2D eigenvalue weighted by molar-refractivity contribution is 0.222. The summed E-state index contributed by atoms with van der Waals surface area (Å²) in [6, 6.07) is 2.69. The van der Waals surface area contributed by atoms with Gasteiger partial charge >= 0.3 is 0 Å².